The molecule has 2 aromatic rings. The highest BCUT2D eigenvalue weighted by atomic mass is 16.5. The number of nitrogens with zero attached hydrogens (tertiary/aromatic N) is 3. The highest BCUT2D eigenvalue weighted by molar-refractivity contribution is 5.54. The molecule has 0 spiro atoms. The average Bonchev–Trinajstić information content (AvgIpc) is 3.19. The average molecular weight is 354 g/mol. The minimum absolute atomic E-state index is 0.552. The fraction of sp³-hybridized carbons (Fsp3) is 0.500. The van der Waals surface area contributed by atoms with Crippen molar-refractivity contribution in [2.24, 2.45) is 0 Å². The molecule has 26 heavy (non-hydrogen) atoms. The minimum Gasteiger partial charge on any atom is -0.493 e. The van der Waals surface area contributed by atoms with Crippen molar-refractivity contribution in [3.8, 4) is 11.5 Å². The van der Waals surface area contributed by atoms with Crippen molar-refractivity contribution in [2.75, 3.05) is 31.0 Å². The van der Waals surface area contributed by atoms with Crippen molar-refractivity contribution < 1.29 is 9.47 Å². The molecule has 0 saturated heterocycles. The van der Waals surface area contributed by atoms with E-state index in [9.17, 15) is 0 Å². The number of nitrogens with one attached hydrogen (secondary N) is 1. The van der Waals surface area contributed by atoms with Crippen LogP contribution in [-0.2, 0) is 13.0 Å². The second-order valence-corrected chi connectivity index (χ2v) is 7.03. The molecule has 0 amide bonds. The highest BCUT2D eigenvalue weighted by Crippen LogP contribution is 2.34. The van der Waals surface area contributed by atoms with Crippen LogP contribution in [0.25, 0.3) is 0 Å². The Labute approximate surface area is 154 Å². The summed E-state index contributed by atoms with van der Waals surface area (Å²) in [6.45, 7) is 1.75. The van der Waals surface area contributed by atoms with E-state index in [1.807, 2.05) is 0 Å². The number of anilines is 2. The van der Waals surface area contributed by atoms with Crippen LogP contribution in [-0.4, -0.2) is 36.8 Å². The molecule has 1 saturated carbocycles. The van der Waals surface area contributed by atoms with Crippen molar-refractivity contribution in [1.82, 2.24) is 9.97 Å². The second kappa shape index (κ2) is 7.40. The minimum atomic E-state index is 0.552. The third kappa shape index (κ3) is 3.41. The summed E-state index contributed by atoms with van der Waals surface area (Å²) in [4.78, 5) is 11.2. The van der Waals surface area contributed by atoms with Gasteiger partial charge in [0.25, 0.3) is 0 Å². The maximum atomic E-state index is 5.46. The van der Waals surface area contributed by atoms with Crippen molar-refractivity contribution in [3.63, 3.8) is 0 Å². The van der Waals surface area contributed by atoms with Crippen LogP contribution in [0.1, 0.15) is 36.8 Å². The quantitative estimate of drug-likeness (QED) is 0.888. The van der Waals surface area contributed by atoms with Gasteiger partial charge in [-0.05, 0) is 42.5 Å². The number of hydrogen-bond donors (Lipinski definition) is 1. The Kier molecular flexibility index (Phi) is 4.82. The molecule has 4 rings (SSSR count). The maximum absolute atomic E-state index is 5.46. The van der Waals surface area contributed by atoms with E-state index in [4.69, 9.17) is 9.47 Å². The Bertz CT molecular complexity index is 774. The Morgan fingerprint density at radius 2 is 1.73 bits per heavy atom. The SMILES string of the molecule is COc1cc2c(cc1OC)CN(c1cc(NC3CCCC3)ncn1)CC2. The third-order valence-electron chi connectivity index (χ3n) is 5.40. The molecule has 0 atom stereocenters. The van der Waals surface area contributed by atoms with Crippen LogP contribution in [0.3, 0.4) is 0 Å². The van der Waals surface area contributed by atoms with Crippen LogP contribution in [0.2, 0.25) is 0 Å². The van der Waals surface area contributed by atoms with Gasteiger partial charge in [0.2, 0.25) is 0 Å². The first-order valence-electron chi connectivity index (χ1n) is 9.34. The fourth-order valence-electron chi connectivity index (χ4n) is 3.96. The topological polar surface area (TPSA) is 59.5 Å². The van der Waals surface area contributed by atoms with E-state index in [2.05, 4.69) is 38.4 Å². The Morgan fingerprint density at radius 3 is 2.46 bits per heavy atom. The third-order valence-corrected chi connectivity index (χ3v) is 5.40. The van der Waals surface area contributed by atoms with E-state index in [1.54, 1.807) is 20.5 Å². The monoisotopic (exact) mass is 354 g/mol. The van der Waals surface area contributed by atoms with Crippen LogP contribution in [0.4, 0.5) is 11.6 Å². The lowest BCUT2D eigenvalue weighted by atomic mass is 9.99. The predicted molar refractivity (Wildman–Crippen MR) is 102 cm³/mol. The molecule has 1 aliphatic carbocycles. The smallest absolute Gasteiger partial charge is 0.161 e. The molecule has 1 fully saturated rings. The first-order chi connectivity index (χ1) is 12.8. The molecule has 2 heterocycles. The lowest BCUT2D eigenvalue weighted by Crippen LogP contribution is -2.31. The van der Waals surface area contributed by atoms with Crippen LogP contribution >= 0.6 is 0 Å². The standard InChI is InChI=1S/C20H26N4O2/c1-25-17-9-14-7-8-24(12-15(14)10-18(17)26-2)20-11-19(21-13-22-20)23-16-5-3-4-6-16/h9-11,13,16H,3-8,12H2,1-2H3,(H,21,22,23). The van der Waals surface area contributed by atoms with Gasteiger partial charge in [-0.1, -0.05) is 12.8 Å². The second-order valence-electron chi connectivity index (χ2n) is 7.03. The van der Waals surface area contributed by atoms with Crippen LogP contribution < -0.4 is 19.7 Å². The number of benzene rings is 1. The molecule has 2 aliphatic rings. The number of rotatable bonds is 5. The number of fused-ring (bicyclic) bond motifs is 1. The summed E-state index contributed by atoms with van der Waals surface area (Å²) in [5.41, 5.74) is 2.58. The highest BCUT2D eigenvalue weighted by Gasteiger charge is 2.21. The zero-order valence-electron chi connectivity index (χ0n) is 15.5. The molecule has 1 aromatic carbocycles. The van der Waals surface area contributed by atoms with E-state index in [1.165, 1.54) is 36.8 Å². The molecular formula is C20H26N4O2. The maximum Gasteiger partial charge on any atom is 0.161 e. The van der Waals surface area contributed by atoms with Gasteiger partial charge in [-0.25, -0.2) is 9.97 Å². The van der Waals surface area contributed by atoms with Gasteiger partial charge in [0.15, 0.2) is 11.5 Å². The summed E-state index contributed by atoms with van der Waals surface area (Å²) < 4.78 is 10.9. The Morgan fingerprint density at radius 1 is 1.00 bits per heavy atom. The molecule has 6 heteroatoms. The zero-order chi connectivity index (χ0) is 17.9. The lowest BCUT2D eigenvalue weighted by Gasteiger charge is -2.30. The summed E-state index contributed by atoms with van der Waals surface area (Å²) in [6, 6.07) is 6.80. The normalized spacial score (nSPS) is 17.1. The molecule has 6 nitrogen and oxygen atoms in total. The van der Waals surface area contributed by atoms with Crippen LogP contribution in [0.15, 0.2) is 24.5 Å². The van der Waals surface area contributed by atoms with E-state index in [-0.39, 0.29) is 0 Å². The largest absolute Gasteiger partial charge is 0.493 e. The van der Waals surface area contributed by atoms with Gasteiger partial charge in [0.1, 0.15) is 18.0 Å². The van der Waals surface area contributed by atoms with Gasteiger partial charge < -0.3 is 19.7 Å². The molecule has 1 aliphatic heterocycles. The summed E-state index contributed by atoms with van der Waals surface area (Å²) in [5, 5.41) is 3.56. The van der Waals surface area contributed by atoms with Gasteiger partial charge in [-0.2, -0.15) is 0 Å². The molecule has 0 unspecified atom stereocenters. The van der Waals surface area contributed by atoms with Gasteiger partial charge in [-0.15, -0.1) is 0 Å². The number of ether oxygens (including phenoxy) is 2. The Hall–Kier alpha value is -2.50. The predicted octanol–water partition coefficient (Wildman–Crippen LogP) is 3.41. The van der Waals surface area contributed by atoms with Gasteiger partial charge in [0.05, 0.1) is 14.2 Å². The summed E-state index contributed by atoms with van der Waals surface area (Å²) in [6.07, 6.45) is 7.71. The van der Waals surface area contributed by atoms with E-state index >= 15 is 0 Å². The molecular weight excluding hydrogens is 328 g/mol. The number of methoxy groups -OCH3 is 2. The lowest BCUT2D eigenvalue weighted by molar-refractivity contribution is 0.353. The van der Waals surface area contributed by atoms with Crippen LogP contribution in [0, 0.1) is 0 Å². The summed E-state index contributed by atoms with van der Waals surface area (Å²) in [5.74, 6) is 3.48. The van der Waals surface area contributed by atoms with E-state index in [0.717, 1.165) is 42.6 Å². The molecule has 0 bridgehead atoms. The summed E-state index contributed by atoms with van der Waals surface area (Å²) >= 11 is 0. The van der Waals surface area contributed by atoms with Gasteiger partial charge in [-0.3, -0.25) is 0 Å². The van der Waals surface area contributed by atoms with Crippen molar-refractivity contribution in [1.29, 1.82) is 0 Å². The van der Waals surface area contributed by atoms with Crippen molar-refractivity contribution in [2.45, 2.75) is 44.7 Å². The molecule has 1 N–H and O–H groups in total. The molecule has 0 radical (unpaired) electrons. The zero-order valence-corrected chi connectivity index (χ0v) is 15.5. The molecule has 138 valence electrons. The van der Waals surface area contributed by atoms with E-state index in [0.29, 0.717) is 6.04 Å². The first-order valence-corrected chi connectivity index (χ1v) is 9.34. The number of aromatic nitrogens is 2. The first kappa shape index (κ1) is 16.9. The molecule has 1 aromatic heterocycles. The fourth-order valence-corrected chi connectivity index (χ4v) is 3.96. The number of hydrogen-bond acceptors (Lipinski definition) is 6. The van der Waals surface area contributed by atoms with E-state index < -0.39 is 0 Å². The van der Waals surface area contributed by atoms with Gasteiger partial charge in [0, 0.05) is 25.2 Å². The van der Waals surface area contributed by atoms with Crippen molar-refractivity contribution in [3.05, 3.63) is 35.7 Å². The van der Waals surface area contributed by atoms with Crippen LogP contribution in [0.5, 0.6) is 11.5 Å². The Balaban J connectivity index is 1.53. The van der Waals surface area contributed by atoms with Gasteiger partial charge >= 0.3 is 0 Å². The van der Waals surface area contributed by atoms with Crippen molar-refractivity contribution >= 4 is 11.6 Å². The summed E-state index contributed by atoms with van der Waals surface area (Å²) in [7, 11) is 3.36.